The fraction of sp³-hybridized carbons (Fsp3) is 0.167. The van der Waals surface area contributed by atoms with E-state index in [1.54, 1.807) is 11.0 Å². The molecule has 2 heterocycles. The molecule has 0 spiro atoms. The quantitative estimate of drug-likeness (QED) is 0.686. The smallest absolute Gasteiger partial charge is 0.121 e. The van der Waals surface area contributed by atoms with Crippen molar-refractivity contribution >= 4 is 16.9 Å². The first-order valence-electron chi connectivity index (χ1n) is 5.37. The Balaban J connectivity index is 2.33. The van der Waals surface area contributed by atoms with E-state index in [4.69, 9.17) is 5.73 Å². The summed E-state index contributed by atoms with van der Waals surface area (Å²) in [5.74, 6) is 0.652. The van der Waals surface area contributed by atoms with Crippen LogP contribution in [-0.4, -0.2) is 19.3 Å². The molecule has 0 fully saturated rings. The molecule has 86 valence electrons. The van der Waals surface area contributed by atoms with Crippen LogP contribution >= 0.6 is 0 Å². The van der Waals surface area contributed by atoms with Crippen molar-refractivity contribution in [1.82, 2.24) is 19.3 Å². The number of hydrogen-bond acceptors (Lipinski definition) is 3. The van der Waals surface area contributed by atoms with Gasteiger partial charge in [0.1, 0.15) is 5.82 Å². The van der Waals surface area contributed by atoms with Gasteiger partial charge in [-0.25, -0.2) is 4.98 Å². The molecule has 0 bridgehead atoms. The van der Waals surface area contributed by atoms with Crippen molar-refractivity contribution in [3.8, 4) is 11.3 Å². The molecule has 1 aromatic carbocycles. The first kappa shape index (κ1) is 9.89. The lowest BCUT2D eigenvalue weighted by Crippen LogP contribution is -1.96. The summed E-state index contributed by atoms with van der Waals surface area (Å²) in [5, 5.41) is 4.40. The summed E-state index contributed by atoms with van der Waals surface area (Å²) in [5.41, 5.74) is 9.78. The van der Waals surface area contributed by atoms with E-state index in [0.29, 0.717) is 5.82 Å². The van der Waals surface area contributed by atoms with Crippen LogP contribution in [0, 0.1) is 0 Å². The van der Waals surface area contributed by atoms with Gasteiger partial charge in [0.25, 0.3) is 0 Å². The maximum Gasteiger partial charge on any atom is 0.121 e. The Morgan fingerprint density at radius 2 is 2.06 bits per heavy atom. The van der Waals surface area contributed by atoms with Gasteiger partial charge in [0, 0.05) is 25.7 Å². The van der Waals surface area contributed by atoms with E-state index < -0.39 is 0 Å². The summed E-state index contributed by atoms with van der Waals surface area (Å²) in [4.78, 5) is 4.33. The van der Waals surface area contributed by atoms with Gasteiger partial charge in [0.15, 0.2) is 0 Å². The first-order valence-corrected chi connectivity index (χ1v) is 5.37. The summed E-state index contributed by atoms with van der Waals surface area (Å²) in [6.07, 6.45) is 1.81. The number of fused-ring (bicyclic) bond motifs is 1. The average Bonchev–Trinajstić information content (AvgIpc) is 2.84. The number of nitrogens with two attached hydrogens (primary N) is 1. The maximum atomic E-state index is 5.81. The topological polar surface area (TPSA) is 61.7 Å². The van der Waals surface area contributed by atoms with Crippen molar-refractivity contribution in [2.75, 3.05) is 5.73 Å². The summed E-state index contributed by atoms with van der Waals surface area (Å²) < 4.78 is 3.67. The predicted octanol–water partition coefficient (Wildman–Crippen LogP) is 1.56. The molecule has 17 heavy (non-hydrogen) atoms. The van der Waals surface area contributed by atoms with Gasteiger partial charge in [-0.2, -0.15) is 5.10 Å². The molecular weight excluding hydrogens is 214 g/mol. The minimum Gasteiger partial charge on any atom is -0.384 e. The lowest BCUT2D eigenvalue weighted by atomic mass is 10.1. The number of imidazole rings is 1. The molecule has 0 aliphatic rings. The third kappa shape index (κ3) is 1.39. The Bertz CT molecular complexity index is 673. The second-order valence-corrected chi connectivity index (χ2v) is 4.11. The molecule has 5 nitrogen and oxygen atoms in total. The zero-order valence-electron chi connectivity index (χ0n) is 9.75. The third-order valence-electron chi connectivity index (χ3n) is 2.93. The minimum absolute atomic E-state index is 0.652. The van der Waals surface area contributed by atoms with Crippen LogP contribution in [0.5, 0.6) is 0 Å². The van der Waals surface area contributed by atoms with Crippen LogP contribution in [0.1, 0.15) is 0 Å². The highest BCUT2D eigenvalue weighted by Gasteiger charge is 2.11. The summed E-state index contributed by atoms with van der Waals surface area (Å²) in [6.45, 7) is 0. The lowest BCUT2D eigenvalue weighted by Gasteiger charge is -2.01. The van der Waals surface area contributed by atoms with Crippen LogP contribution in [0.2, 0.25) is 0 Å². The number of nitrogen functional groups attached to an aromatic ring is 1. The van der Waals surface area contributed by atoms with Gasteiger partial charge in [-0.05, 0) is 6.07 Å². The van der Waals surface area contributed by atoms with E-state index in [1.807, 2.05) is 42.9 Å². The van der Waals surface area contributed by atoms with Crippen molar-refractivity contribution in [2.45, 2.75) is 0 Å². The van der Waals surface area contributed by atoms with Crippen LogP contribution in [0.3, 0.4) is 0 Å². The van der Waals surface area contributed by atoms with Crippen molar-refractivity contribution in [3.05, 3.63) is 30.6 Å². The van der Waals surface area contributed by atoms with Gasteiger partial charge < -0.3 is 10.3 Å². The number of nitrogens with zero attached hydrogens (tertiary/aromatic N) is 4. The number of para-hydroxylation sites is 1. The van der Waals surface area contributed by atoms with E-state index in [1.165, 1.54) is 0 Å². The highest BCUT2D eigenvalue weighted by atomic mass is 15.3. The normalized spacial score (nSPS) is 11.2. The fourth-order valence-corrected chi connectivity index (χ4v) is 2.03. The molecule has 0 amide bonds. The molecule has 5 heteroatoms. The van der Waals surface area contributed by atoms with Crippen LogP contribution in [0.4, 0.5) is 5.82 Å². The number of benzene rings is 1. The van der Waals surface area contributed by atoms with E-state index >= 15 is 0 Å². The monoisotopic (exact) mass is 227 g/mol. The number of aryl methyl sites for hydroxylation is 2. The molecule has 0 unspecified atom stereocenters. The predicted molar refractivity (Wildman–Crippen MR) is 67.3 cm³/mol. The molecule has 0 saturated heterocycles. The van der Waals surface area contributed by atoms with Crippen molar-refractivity contribution in [3.63, 3.8) is 0 Å². The highest BCUT2D eigenvalue weighted by Crippen LogP contribution is 2.27. The van der Waals surface area contributed by atoms with Crippen LogP contribution < -0.4 is 5.73 Å². The molecule has 0 radical (unpaired) electrons. The minimum atomic E-state index is 0.652. The number of aromatic nitrogens is 4. The van der Waals surface area contributed by atoms with E-state index in [2.05, 4.69) is 10.1 Å². The molecular formula is C12H13N5. The lowest BCUT2D eigenvalue weighted by molar-refractivity contribution is 0.782. The molecule has 2 N–H and O–H groups in total. The van der Waals surface area contributed by atoms with E-state index in [0.717, 1.165) is 22.3 Å². The van der Waals surface area contributed by atoms with Crippen molar-refractivity contribution < 1.29 is 0 Å². The van der Waals surface area contributed by atoms with Crippen LogP contribution in [-0.2, 0) is 14.1 Å². The van der Waals surface area contributed by atoms with Gasteiger partial charge >= 0.3 is 0 Å². The Kier molecular flexibility index (Phi) is 1.95. The summed E-state index contributed by atoms with van der Waals surface area (Å²) in [7, 11) is 3.81. The molecule has 0 aliphatic carbocycles. The largest absolute Gasteiger partial charge is 0.384 e. The van der Waals surface area contributed by atoms with Gasteiger partial charge in [0.2, 0.25) is 0 Å². The zero-order valence-corrected chi connectivity index (χ0v) is 9.75. The van der Waals surface area contributed by atoms with Crippen LogP contribution in [0.25, 0.3) is 22.3 Å². The molecule has 0 saturated carbocycles. The van der Waals surface area contributed by atoms with Crippen molar-refractivity contribution in [2.24, 2.45) is 14.1 Å². The fourth-order valence-electron chi connectivity index (χ4n) is 2.03. The molecule has 3 aromatic rings. The molecule has 0 atom stereocenters. The second kappa shape index (κ2) is 3.35. The Hall–Kier alpha value is -2.30. The number of anilines is 1. The second-order valence-electron chi connectivity index (χ2n) is 4.11. The Morgan fingerprint density at radius 1 is 1.24 bits per heavy atom. The zero-order chi connectivity index (χ0) is 12.0. The molecule has 2 aromatic heterocycles. The van der Waals surface area contributed by atoms with Gasteiger partial charge in [0.05, 0.1) is 23.1 Å². The molecule has 0 aliphatic heterocycles. The molecule has 3 rings (SSSR count). The average molecular weight is 227 g/mol. The third-order valence-corrected chi connectivity index (χ3v) is 2.93. The van der Waals surface area contributed by atoms with Crippen LogP contribution in [0.15, 0.2) is 30.6 Å². The van der Waals surface area contributed by atoms with Crippen molar-refractivity contribution in [1.29, 1.82) is 0 Å². The Labute approximate surface area is 98.5 Å². The number of hydrogen-bond donors (Lipinski definition) is 1. The first-order chi connectivity index (χ1) is 8.16. The highest BCUT2D eigenvalue weighted by molar-refractivity contribution is 5.91. The Morgan fingerprint density at radius 3 is 2.76 bits per heavy atom. The standard InChI is InChI=1S/C12H13N5/c1-16-7-14-9-5-3-4-8(12(9)16)10-6-11(13)17(2)15-10/h3-7H,13H2,1-2H3. The maximum absolute atomic E-state index is 5.81. The summed E-state index contributed by atoms with van der Waals surface area (Å²) in [6, 6.07) is 7.88. The SMILES string of the molecule is Cn1nc(-c2cccc3ncn(C)c23)cc1N. The number of rotatable bonds is 1. The van der Waals surface area contributed by atoms with E-state index in [-0.39, 0.29) is 0 Å². The van der Waals surface area contributed by atoms with Gasteiger partial charge in [-0.15, -0.1) is 0 Å². The van der Waals surface area contributed by atoms with E-state index in [9.17, 15) is 0 Å². The summed E-state index contributed by atoms with van der Waals surface area (Å²) >= 11 is 0. The van der Waals surface area contributed by atoms with Gasteiger partial charge in [-0.3, -0.25) is 4.68 Å². The van der Waals surface area contributed by atoms with Gasteiger partial charge in [-0.1, -0.05) is 12.1 Å².